The highest BCUT2D eigenvalue weighted by atomic mass is 16.5. The predicted octanol–water partition coefficient (Wildman–Crippen LogP) is 2.43. The van der Waals surface area contributed by atoms with Gasteiger partial charge in [0, 0.05) is 11.9 Å². The molecule has 0 spiro atoms. The first-order valence-electron chi connectivity index (χ1n) is 5.43. The van der Waals surface area contributed by atoms with Crippen molar-refractivity contribution in [3.8, 4) is 0 Å². The van der Waals surface area contributed by atoms with Crippen LogP contribution in [0.4, 0.5) is 0 Å². The van der Waals surface area contributed by atoms with Gasteiger partial charge in [-0.05, 0) is 12.5 Å². The number of aryl methyl sites for hydroxylation is 1. The van der Waals surface area contributed by atoms with Crippen molar-refractivity contribution in [2.75, 3.05) is 13.2 Å². The molecule has 1 aliphatic heterocycles. The summed E-state index contributed by atoms with van der Waals surface area (Å²) in [6, 6.07) is 2.57. The van der Waals surface area contributed by atoms with E-state index in [1.54, 1.807) is 0 Å². The standard InChI is InChI=1S/C8H12N2O.C3H8/c1-2-7-3-4-9-10(7)8-5-11-6-8;1-3-2/h3-4,8H,2,5-6H2,1H3;3H2,1-2H3. The molecule has 0 N–H and O–H groups in total. The summed E-state index contributed by atoms with van der Waals surface area (Å²) in [5.74, 6) is 0. The first kappa shape index (κ1) is 11.2. The summed E-state index contributed by atoms with van der Waals surface area (Å²) in [6.07, 6.45) is 4.16. The SMILES string of the molecule is CCC.CCc1ccnn1C1COC1. The zero-order valence-electron chi connectivity index (χ0n) is 9.36. The molecule has 1 aromatic rings. The van der Waals surface area contributed by atoms with Crippen molar-refractivity contribution < 1.29 is 4.74 Å². The highest BCUT2D eigenvalue weighted by molar-refractivity contribution is 5.02. The fourth-order valence-electron chi connectivity index (χ4n) is 1.31. The second-order valence-corrected chi connectivity index (χ2v) is 3.52. The van der Waals surface area contributed by atoms with Crippen molar-refractivity contribution in [1.82, 2.24) is 9.78 Å². The topological polar surface area (TPSA) is 27.1 Å². The molecule has 3 heteroatoms. The molecule has 0 atom stereocenters. The Balaban J connectivity index is 0.000000293. The van der Waals surface area contributed by atoms with Crippen molar-refractivity contribution in [1.29, 1.82) is 0 Å². The summed E-state index contributed by atoms with van der Waals surface area (Å²) in [7, 11) is 0. The Morgan fingerprint density at radius 1 is 1.43 bits per heavy atom. The molecule has 1 aromatic heterocycles. The van der Waals surface area contributed by atoms with E-state index < -0.39 is 0 Å². The monoisotopic (exact) mass is 196 g/mol. The molecule has 1 saturated heterocycles. The highest BCUT2D eigenvalue weighted by Gasteiger charge is 2.22. The fraction of sp³-hybridized carbons (Fsp3) is 0.727. The molecule has 2 rings (SSSR count). The van der Waals surface area contributed by atoms with Crippen LogP contribution in [-0.4, -0.2) is 23.0 Å². The van der Waals surface area contributed by atoms with Gasteiger partial charge in [-0.25, -0.2) is 0 Å². The highest BCUT2D eigenvalue weighted by Crippen LogP contribution is 2.17. The molecular formula is C11H20N2O. The van der Waals surface area contributed by atoms with Gasteiger partial charge in [0.25, 0.3) is 0 Å². The molecule has 2 heterocycles. The van der Waals surface area contributed by atoms with Gasteiger partial charge >= 0.3 is 0 Å². The molecule has 0 radical (unpaired) electrons. The van der Waals surface area contributed by atoms with Crippen LogP contribution in [-0.2, 0) is 11.2 Å². The van der Waals surface area contributed by atoms with Gasteiger partial charge in [-0.3, -0.25) is 4.68 Å². The average Bonchev–Trinajstić information content (AvgIpc) is 2.51. The normalized spacial score (nSPS) is 15.6. The van der Waals surface area contributed by atoms with E-state index >= 15 is 0 Å². The van der Waals surface area contributed by atoms with E-state index in [1.807, 2.05) is 6.20 Å². The van der Waals surface area contributed by atoms with Crippen molar-refractivity contribution in [2.45, 2.75) is 39.7 Å². The number of rotatable bonds is 2. The summed E-state index contributed by atoms with van der Waals surface area (Å²) < 4.78 is 7.17. The van der Waals surface area contributed by atoms with Crippen molar-refractivity contribution in [2.24, 2.45) is 0 Å². The van der Waals surface area contributed by atoms with E-state index in [-0.39, 0.29) is 0 Å². The molecule has 1 aliphatic rings. The van der Waals surface area contributed by atoms with Crippen LogP contribution >= 0.6 is 0 Å². The third kappa shape index (κ3) is 2.58. The maximum atomic E-state index is 5.10. The van der Waals surface area contributed by atoms with Gasteiger partial charge in [0.05, 0.1) is 19.3 Å². The van der Waals surface area contributed by atoms with Crippen LogP contribution in [0.2, 0.25) is 0 Å². The largest absolute Gasteiger partial charge is 0.377 e. The Labute approximate surface area is 86.1 Å². The maximum Gasteiger partial charge on any atom is 0.0988 e. The summed E-state index contributed by atoms with van der Waals surface area (Å²) in [5, 5.41) is 4.25. The second-order valence-electron chi connectivity index (χ2n) is 3.52. The zero-order chi connectivity index (χ0) is 10.4. The number of aromatic nitrogens is 2. The molecule has 80 valence electrons. The Hall–Kier alpha value is -0.830. The van der Waals surface area contributed by atoms with E-state index in [2.05, 4.69) is 36.6 Å². The van der Waals surface area contributed by atoms with Gasteiger partial charge in [0.1, 0.15) is 0 Å². The second kappa shape index (κ2) is 5.81. The van der Waals surface area contributed by atoms with Gasteiger partial charge < -0.3 is 4.74 Å². The summed E-state index contributed by atoms with van der Waals surface area (Å²) in [6.45, 7) is 8.05. The van der Waals surface area contributed by atoms with E-state index in [1.165, 1.54) is 12.1 Å². The van der Waals surface area contributed by atoms with Crippen molar-refractivity contribution in [3.05, 3.63) is 18.0 Å². The third-order valence-corrected chi connectivity index (χ3v) is 2.08. The maximum absolute atomic E-state index is 5.10. The van der Waals surface area contributed by atoms with Crippen molar-refractivity contribution in [3.63, 3.8) is 0 Å². The van der Waals surface area contributed by atoms with Gasteiger partial charge in [-0.2, -0.15) is 5.10 Å². The summed E-state index contributed by atoms with van der Waals surface area (Å²) in [4.78, 5) is 0. The van der Waals surface area contributed by atoms with E-state index in [0.29, 0.717) is 6.04 Å². The van der Waals surface area contributed by atoms with Crippen LogP contribution in [0.5, 0.6) is 0 Å². The Bertz CT molecular complexity index is 254. The van der Waals surface area contributed by atoms with Gasteiger partial charge in [-0.15, -0.1) is 0 Å². The van der Waals surface area contributed by atoms with Gasteiger partial charge in [-0.1, -0.05) is 27.2 Å². The Morgan fingerprint density at radius 3 is 2.50 bits per heavy atom. The molecule has 0 amide bonds. The van der Waals surface area contributed by atoms with Crippen LogP contribution in [0.15, 0.2) is 12.3 Å². The number of hydrogen-bond donors (Lipinski definition) is 0. The van der Waals surface area contributed by atoms with Crippen LogP contribution < -0.4 is 0 Å². The summed E-state index contributed by atoms with van der Waals surface area (Å²) in [5.41, 5.74) is 1.30. The van der Waals surface area contributed by atoms with E-state index in [4.69, 9.17) is 4.74 Å². The molecule has 3 nitrogen and oxygen atoms in total. The predicted molar refractivity (Wildman–Crippen MR) is 57.4 cm³/mol. The number of ether oxygens (including phenoxy) is 1. The van der Waals surface area contributed by atoms with Gasteiger partial charge in [0.15, 0.2) is 0 Å². The van der Waals surface area contributed by atoms with Crippen LogP contribution in [0, 0.1) is 0 Å². The average molecular weight is 196 g/mol. The third-order valence-electron chi connectivity index (χ3n) is 2.08. The minimum absolute atomic E-state index is 0.500. The van der Waals surface area contributed by atoms with Crippen LogP contribution in [0.1, 0.15) is 38.9 Å². The molecule has 0 bridgehead atoms. The quantitative estimate of drug-likeness (QED) is 0.726. The Morgan fingerprint density at radius 2 is 2.07 bits per heavy atom. The van der Waals surface area contributed by atoms with Gasteiger partial charge in [0.2, 0.25) is 0 Å². The molecule has 0 aliphatic carbocycles. The van der Waals surface area contributed by atoms with E-state index in [9.17, 15) is 0 Å². The lowest BCUT2D eigenvalue weighted by molar-refractivity contribution is -0.0297. The molecular weight excluding hydrogens is 176 g/mol. The zero-order valence-corrected chi connectivity index (χ0v) is 9.36. The number of hydrogen-bond acceptors (Lipinski definition) is 2. The minimum atomic E-state index is 0.500. The first-order valence-corrected chi connectivity index (χ1v) is 5.43. The lowest BCUT2D eigenvalue weighted by atomic mass is 10.2. The molecule has 1 fully saturated rings. The number of nitrogens with zero attached hydrogens (tertiary/aromatic N) is 2. The summed E-state index contributed by atoms with van der Waals surface area (Å²) >= 11 is 0. The molecule has 14 heavy (non-hydrogen) atoms. The lowest BCUT2D eigenvalue weighted by Gasteiger charge is -2.27. The van der Waals surface area contributed by atoms with E-state index in [0.717, 1.165) is 19.6 Å². The first-order chi connectivity index (χ1) is 6.83. The molecule has 0 saturated carbocycles. The van der Waals surface area contributed by atoms with Crippen LogP contribution in [0.3, 0.4) is 0 Å². The van der Waals surface area contributed by atoms with Crippen molar-refractivity contribution >= 4 is 0 Å². The lowest BCUT2D eigenvalue weighted by Crippen LogP contribution is -2.32. The molecule has 0 aromatic carbocycles. The smallest absolute Gasteiger partial charge is 0.0988 e. The molecule has 0 unspecified atom stereocenters. The minimum Gasteiger partial charge on any atom is -0.377 e. The fourth-order valence-corrected chi connectivity index (χ4v) is 1.31. The van der Waals surface area contributed by atoms with Crippen LogP contribution in [0.25, 0.3) is 0 Å². The Kier molecular flexibility index (Phi) is 4.66.